The van der Waals surface area contributed by atoms with Gasteiger partial charge in [-0.25, -0.2) is 0 Å². The summed E-state index contributed by atoms with van der Waals surface area (Å²) in [5.41, 5.74) is 0. The van der Waals surface area contributed by atoms with E-state index in [1.807, 2.05) is 0 Å². The summed E-state index contributed by atoms with van der Waals surface area (Å²) in [6, 6.07) is 3.48. The number of furan rings is 1. The Bertz CT molecular complexity index is 560. The molecular formula is C17H18O4. The molecule has 1 aromatic rings. The van der Waals surface area contributed by atoms with Crippen LogP contribution in [-0.4, -0.2) is 11.6 Å². The molecule has 0 saturated carbocycles. The maximum Gasteiger partial charge on any atom is 0.156 e. The second-order valence-corrected chi connectivity index (χ2v) is 4.09. The second kappa shape index (κ2) is 9.31. The van der Waals surface area contributed by atoms with Crippen LogP contribution in [-0.2, 0) is 14.3 Å². The third-order valence-electron chi connectivity index (χ3n) is 2.53. The van der Waals surface area contributed by atoms with Crippen LogP contribution < -0.4 is 0 Å². The van der Waals surface area contributed by atoms with E-state index in [0.717, 1.165) is 0 Å². The first-order valence-electron chi connectivity index (χ1n) is 6.55. The van der Waals surface area contributed by atoms with Crippen molar-refractivity contribution in [3.8, 4) is 0 Å². The normalized spacial score (nSPS) is 12.0. The Morgan fingerprint density at radius 3 is 2.52 bits per heavy atom. The molecule has 0 spiro atoms. The van der Waals surface area contributed by atoms with E-state index in [1.165, 1.54) is 24.7 Å². The van der Waals surface area contributed by atoms with Gasteiger partial charge in [0.05, 0.1) is 12.5 Å². The summed E-state index contributed by atoms with van der Waals surface area (Å²) in [5.74, 6) is 0.875. The number of carbonyl (C=O) groups is 2. The summed E-state index contributed by atoms with van der Waals surface area (Å²) in [4.78, 5) is 23.2. The van der Waals surface area contributed by atoms with Gasteiger partial charge in [-0.1, -0.05) is 6.58 Å². The van der Waals surface area contributed by atoms with Gasteiger partial charge in [-0.05, 0) is 49.4 Å². The molecule has 110 valence electrons. The van der Waals surface area contributed by atoms with Crippen LogP contribution in [0.1, 0.15) is 25.5 Å². The lowest BCUT2D eigenvalue weighted by atomic mass is 10.1. The fraction of sp³-hybridized carbons (Fsp3) is 0.176. The van der Waals surface area contributed by atoms with Gasteiger partial charge in [0, 0.05) is 12.8 Å². The number of ether oxygens (including phenoxy) is 1. The van der Waals surface area contributed by atoms with Crippen LogP contribution in [0.15, 0.2) is 65.7 Å². The Labute approximate surface area is 124 Å². The average Bonchev–Trinajstić information content (AvgIpc) is 3.00. The molecule has 0 aromatic carbocycles. The number of carbonyl (C=O) groups excluding carboxylic acids is 2. The first kappa shape index (κ1) is 16.4. The summed E-state index contributed by atoms with van der Waals surface area (Å²) in [7, 11) is 0. The van der Waals surface area contributed by atoms with Crippen molar-refractivity contribution in [2.75, 3.05) is 0 Å². The molecule has 0 aliphatic heterocycles. The van der Waals surface area contributed by atoms with Crippen molar-refractivity contribution in [2.45, 2.75) is 19.8 Å². The molecule has 0 saturated heterocycles. The maximum atomic E-state index is 11.6. The quantitative estimate of drug-likeness (QED) is 0.393. The molecule has 0 bridgehead atoms. The molecule has 0 unspecified atom stereocenters. The van der Waals surface area contributed by atoms with Crippen LogP contribution in [0, 0.1) is 0 Å². The van der Waals surface area contributed by atoms with Crippen LogP contribution in [0.2, 0.25) is 0 Å². The predicted octanol–water partition coefficient (Wildman–Crippen LogP) is 3.83. The third-order valence-corrected chi connectivity index (χ3v) is 2.53. The standard InChI is InChI=1S/C17H18O4/c1-3-16(20-4-2)11-9-14(18)7-8-15(19)10-12-17-6-5-13-21-17/h3-6,9-13H,2,7-8H2,1H3. The van der Waals surface area contributed by atoms with E-state index in [1.54, 1.807) is 37.3 Å². The van der Waals surface area contributed by atoms with Crippen molar-refractivity contribution >= 4 is 17.6 Å². The second-order valence-electron chi connectivity index (χ2n) is 4.09. The minimum atomic E-state index is -0.137. The van der Waals surface area contributed by atoms with Gasteiger partial charge in [0.2, 0.25) is 0 Å². The van der Waals surface area contributed by atoms with Crippen molar-refractivity contribution in [1.82, 2.24) is 0 Å². The maximum absolute atomic E-state index is 11.6. The van der Waals surface area contributed by atoms with Crippen LogP contribution in [0.3, 0.4) is 0 Å². The first-order valence-corrected chi connectivity index (χ1v) is 6.55. The molecule has 4 nitrogen and oxygen atoms in total. The molecule has 0 fully saturated rings. The summed E-state index contributed by atoms with van der Waals surface area (Å²) >= 11 is 0. The molecule has 0 aliphatic rings. The van der Waals surface area contributed by atoms with Crippen LogP contribution in [0.25, 0.3) is 6.08 Å². The number of allylic oxidation sites excluding steroid dienone is 4. The largest absolute Gasteiger partial charge is 0.466 e. The van der Waals surface area contributed by atoms with E-state index in [0.29, 0.717) is 11.5 Å². The minimum Gasteiger partial charge on any atom is -0.466 e. The fourth-order valence-corrected chi connectivity index (χ4v) is 1.45. The zero-order valence-corrected chi connectivity index (χ0v) is 12.0. The van der Waals surface area contributed by atoms with Gasteiger partial charge >= 0.3 is 0 Å². The zero-order chi connectivity index (χ0) is 15.5. The molecule has 0 aliphatic carbocycles. The molecular weight excluding hydrogens is 268 g/mol. The van der Waals surface area contributed by atoms with Gasteiger partial charge in [0.1, 0.15) is 11.5 Å². The zero-order valence-electron chi connectivity index (χ0n) is 12.0. The highest BCUT2D eigenvalue weighted by Gasteiger charge is 2.02. The van der Waals surface area contributed by atoms with E-state index in [9.17, 15) is 9.59 Å². The highest BCUT2D eigenvalue weighted by molar-refractivity contribution is 5.98. The summed E-state index contributed by atoms with van der Waals surface area (Å²) in [6.45, 7) is 5.22. The Kier molecular flexibility index (Phi) is 7.29. The topological polar surface area (TPSA) is 56.5 Å². The van der Waals surface area contributed by atoms with E-state index < -0.39 is 0 Å². The molecule has 0 atom stereocenters. The number of ketones is 2. The fourth-order valence-electron chi connectivity index (χ4n) is 1.45. The molecule has 0 radical (unpaired) electrons. The van der Waals surface area contributed by atoms with Crippen molar-refractivity contribution in [2.24, 2.45) is 0 Å². The molecule has 21 heavy (non-hydrogen) atoms. The van der Waals surface area contributed by atoms with Gasteiger partial charge in [-0.15, -0.1) is 0 Å². The minimum absolute atomic E-state index is 0.123. The lowest BCUT2D eigenvalue weighted by Gasteiger charge is -1.98. The lowest BCUT2D eigenvalue weighted by molar-refractivity contribution is -0.119. The number of hydrogen-bond donors (Lipinski definition) is 0. The SMILES string of the molecule is C=COC(C=CC(=O)CCC(=O)C=Cc1ccco1)=CC. The van der Waals surface area contributed by atoms with Gasteiger partial charge in [-0.3, -0.25) is 9.59 Å². The molecule has 1 rings (SSSR count). The van der Waals surface area contributed by atoms with Gasteiger partial charge < -0.3 is 9.15 Å². The monoisotopic (exact) mass is 286 g/mol. The van der Waals surface area contributed by atoms with Gasteiger partial charge in [-0.2, -0.15) is 0 Å². The smallest absolute Gasteiger partial charge is 0.156 e. The van der Waals surface area contributed by atoms with Crippen molar-refractivity contribution in [1.29, 1.82) is 0 Å². The van der Waals surface area contributed by atoms with Crippen LogP contribution in [0.4, 0.5) is 0 Å². The summed E-state index contributed by atoms with van der Waals surface area (Å²) < 4.78 is 10.1. The van der Waals surface area contributed by atoms with E-state index in [2.05, 4.69) is 6.58 Å². The number of hydrogen-bond acceptors (Lipinski definition) is 4. The Balaban J connectivity index is 2.37. The van der Waals surface area contributed by atoms with Crippen molar-refractivity contribution in [3.63, 3.8) is 0 Å². The van der Waals surface area contributed by atoms with Gasteiger partial charge in [0.15, 0.2) is 11.6 Å². The summed E-state index contributed by atoms with van der Waals surface area (Å²) in [6.07, 6.45) is 10.8. The molecule has 0 amide bonds. The van der Waals surface area contributed by atoms with E-state index in [-0.39, 0.29) is 24.4 Å². The predicted molar refractivity (Wildman–Crippen MR) is 81.2 cm³/mol. The summed E-state index contributed by atoms with van der Waals surface area (Å²) in [5, 5.41) is 0. The highest BCUT2D eigenvalue weighted by atomic mass is 16.5. The van der Waals surface area contributed by atoms with E-state index in [4.69, 9.17) is 9.15 Å². The Morgan fingerprint density at radius 1 is 1.24 bits per heavy atom. The Hall–Kier alpha value is -2.62. The lowest BCUT2D eigenvalue weighted by Crippen LogP contribution is -1.99. The molecule has 4 heteroatoms. The van der Waals surface area contributed by atoms with Crippen LogP contribution in [0.5, 0.6) is 0 Å². The van der Waals surface area contributed by atoms with Crippen molar-refractivity contribution in [3.05, 3.63) is 67.1 Å². The number of rotatable bonds is 9. The molecule has 0 N–H and O–H groups in total. The van der Waals surface area contributed by atoms with Crippen LogP contribution >= 0.6 is 0 Å². The average molecular weight is 286 g/mol. The molecule has 1 heterocycles. The first-order chi connectivity index (χ1) is 10.2. The van der Waals surface area contributed by atoms with E-state index >= 15 is 0 Å². The third kappa shape index (κ3) is 6.92. The Morgan fingerprint density at radius 2 is 1.95 bits per heavy atom. The van der Waals surface area contributed by atoms with Crippen molar-refractivity contribution < 1.29 is 18.7 Å². The van der Waals surface area contributed by atoms with Gasteiger partial charge in [0.25, 0.3) is 0 Å². The highest BCUT2D eigenvalue weighted by Crippen LogP contribution is 2.05. The molecule has 1 aromatic heterocycles.